The molecular formula is C11H16N6S. The first-order valence-electron chi connectivity index (χ1n) is 6.01. The predicted octanol–water partition coefficient (Wildman–Crippen LogP) is 1.27. The van der Waals surface area contributed by atoms with Crippen LogP contribution in [0.3, 0.4) is 0 Å². The van der Waals surface area contributed by atoms with Crippen LogP contribution in [0.15, 0.2) is 6.33 Å². The third-order valence-corrected chi connectivity index (χ3v) is 4.78. The predicted molar refractivity (Wildman–Crippen MR) is 74.8 cm³/mol. The number of H-pyrrole nitrogens is 1. The Morgan fingerprint density at radius 1 is 1.44 bits per heavy atom. The molecule has 96 valence electrons. The maximum Gasteiger partial charge on any atom is 0.224 e. The van der Waals surface area contributed by atoms with Gasteiger partial charge < -0.3 is 15.6 Å². The van der Waals surface area contributed by atoms with Crippen molar-refractivity contribution >= 4 is 34.7 Å². The molecule has 0 aliphatic carbocycles. The molecule has 2 aromatic rings. The molecule has 1 aliphatic heterocycles. The van der Waals surface area contributed by atoms with Gasteiger partial charge in [-0.15, -0.1) is 0 Å². The summed E-state index contributed by atoms with van der Waals surface area (Å²) in [4.78, 5) is 18.1. The minimum atomic E-state index is 0.280. The van der Waals surface area contributed by atoms with Crippen molar-refractivity contribution in [1.29, 1.82) is 0 Å². The van der Waals surface area contributed by atoms with E-state index in [1.807, 2.05) is 11.8 Å². The molecule has 1 fully saturated rings. The van der Waals surface area contributed by atoms with Crippen molar-refractivity contribution in [2.45, 2.75) is 25.1 Å². The first-order valence-corrected chi connectivity index (χ1v) is 7.06. The molecule has 2 unspecified atom stereocenters. The topological polar surface area (TPSA) is 83.7 Å². The van der Waals surface area contributed by atoms with Gasteiger partial charge in [-0.1, -0.05) is 6.92 Å². The van der Waals surface area contributed by atoms with Crippen molar-refractivity contribution in [3.63, 3.8) is 0 Å². The Morgan fingerprint density at radius 2 is 2.28 bits per heavy atom. The van der Waals surface area contributed by atoms with Crippen LogP contribution in [-0.2, 0) is 0 Å². The van der Waals surface area contributed by atoms with Gasteiger partial charge in [0.1, 0.15) is 5.52 Å². The lowest BCUT2D eigenvalue weighted by Gasteiger charge is -2.38. The summed E-state index contributed by atoms with van der Waals surface area (Å²) in [5, 5.41) is 0.577. The fourth-order valence-corrected chi connectivity index (χ4v) is 3.37. The molecule has 3 rings (SSSR count). The first kappa shape index (κ1) is 11.6. The van der Waals surface area contributed by atoms with E-state index in [2.05, 4.69) is 38.7 Å². The van der Waals surface area contributed by atoms with E-state index in [4.69, 9.17) is 5.73 Å². The molecule has 1 aliphatic rings. The second-order valence-corrected chi connectivity index (χ2v) is 6.00. The maximum absolute atomic E-state index is 5.76. The Hall–Kier alpha value is -1.50. The van der Waals surface area contributed by atoms with Gasteiger partial charge in [-0.2, -0.15) is 21.7 Å². The van der Waals surface area contributed by atoms with Gasteiger partial charge in [-0.3, -0.25) is 0 Å². The molecule has 7 heteroatoms. The summed E-state index contributed by atoms with van der Waals surface area (Å²) in [7, 11) is 0. The van der Waals surface area contributed by atoms with Crippen molar-refractivity contribution in [3.05, 3.63) is 6.33 Å². The lowest BCUT2D eigenvalue weighted by Crippen LogP contribution is -2.45. The zero-order chi connectivity index (χ0) is 12.7. The van der Waals surface area contributed by atoms with E-state index in [9.17, 15) is 0 Å². The number of anilines is 2. The molecule has 0 saturated carbocycles. The second kappa shape index (κ2) is 4.31. The van der Waals surface area contributed by atoms with Gasteiger partial charge in [0.25, 0.3) is 0 Å². The highest BCUT2D eigenvalue weighted by Gasteiger charge is 2.28. The average molecular weight is 264 g/mol. The molecule has 6 nitrogen and oxygen atoms in total. The number of nitrogens with one attached hydrogen (secondary N) is 1. The summed E-state index contributed by atoms with van der Waals surface area (Å²) in [6.07, 6.45) is 1.63. The molecule has 0 aromatic carbocycles. The fraction of sp³-hybridized carbons (Fsp3) is 0.545. The molecule has 18 heavy (non-hydrogen) atoms. The van der Waals surface area contributed by atoms with E-state index in [0.29, 0.717) is 16.9 Å². The van der Waals surface area contributed by atoms with Crippen LogP contribution in [0, 0.1) is 0 Å². The Labute approximate surface area is 109 Å². The van der Waals surface area contributed by atoms with Gasteiger partial charge in [0.05, 0.1) is 6.33 Å². The van der Waals surface area contributed by atoms with E-state index in [1.165, 1.54) is 0 Å². The van der Waals surface area contributed by atoms with Crippen molar-refractivity contribution in [3.8, 4) is 0 Å². The number of thioether (sulfide) groups is 1. The van der Waals surface area contributed by atoms with Gasteiger partial charge in [-0.25, -0.2) is 4.98 Å². The summed E-state index contributed by atoms with van der Waals surface area (Å²) in [6.45, 7) is 5.44. The van der Waals surface area contributed by atoms with Crippen molar-refractivity contribution in [2.75, 3.05) is 22.9 Å². The van der Waals surface area contributed by atoms with E-state index in [-0.39, 0.29) is 5.95 Å². The van der Waals surface area contributed by atoms with Crippen LogP contribution in [0.25, 0.3) is 11.2 Å². The van der Waals surface area contributed by atoms with Crippen LogP contribution in [-0.4, -0.2) is 43.5 Å². The van der Waals surface area contributed by atoms with E-state index in [0.717, 1.165) is 23.6 Å². The van der Waals surface area contributed by atoms with Gasteiger partial charge in [0.2, 0.25) is 5.95 Å². The summed E-state index contributed by atoms with van der Waals surface area (Å²) >= 11 is 1.99. The third kappa shape index (κ3) is 1.78. The number of hydrogen-bond donors (Lipinski definition) is 2. The largest absolute Gasteiger partial charge is 0.368 e. The molecule has 3 heterocycles. The second-order valence-electron chi connectivity index (χ2n) is 4.52. The summed E-state index contributed by atoms with van der Waals surface area (Å²) in [5.41, 5.74) is 7.27. The van der Waals surface area contributed by atoms with E-state index in [1.54, 1.807) is 6.33 Å². The standard InChI is InChI=1S/C11H16N6S/c1-6-7(2)18-4-3-17(6)10-8-9(14-5-13-8)15-11(12)16-10/h5-7H,3-4H2,1-2H3,(H3,12,13,14,15,16). The number of nitrogens with zero attached hydrogens (tertiary/aromatic N) is 4. The number of hydrogen-bond acceptors (Lipinski definition) is 6. The highest BCUT2D eigenvalue weighted by molar-refractivity contribution is 8.00. The van der Waals surface area contributed by atoms with Crippen molar-refractivity contribution in [2.24, 2.45) is 0 Å². The van der Waals surface area contributed by atoms with Gasteiger partial charge in [0.15, 0.2) is 11.5 Å². The maximum atomic E-state index is 5.76. The van der Waals surface area contributed by atoms with Crippen molar-refractivity contribution < 1.29 is 0 Å². The van der Waals surface area contributed by atoms with Crippen LogP contribution in [0.5, 0.6) is 0 Å². The van der Waals surface area contributed by atoms with Gasteiger partial charge in [0, 0.05) is 23.6 Å². The molecular weight excluding hydrogens is 248 g/mol. The number of rotatable bonds is 1. The number of fused-ring (bicyclic) bond motifs is 1. The molecule has 0 amide bonds. The summed E-state index contributed by atoms with van der Waals surface area (Å²) in [6, 6.07) is 0.421. The number of nitrogen functional groups attached to an aromatic ring is 1. The van der Waals surface area contributed by atoms with E-state index < -0.39 is 0 Å². The minimum Gasteiger partial charge on any atom is -0.368 e. The van der Waals surface area contributed by atoms with Crippen LogP contribution in [0.4, 0.5) is 11.8 Å². The summed E-state index contributed by atoms with van der Waals surface area (Å²) in [5.74, 6) is 2.25. The fourth-order valence-electron chi connectivity index (χ4n) is 2.27. The monoisotopic (exact) mass is 264 g/mol. The average Bonchev–Trinajstić information content (AvgIpc) is 2.79. The zero-order valence-corrected chi connectivity index (χ0v) is 11.2. The molecule has 1 saturated heterocycles. The smallest absolute Gasteiger partial charge is 0.224 e. The van der Waals surface area contributed by atoms with Crippen LogP contribution < -0.4 is 10.6 Å². The van der Waals surface area contributed by atoms with E-state index >= 15 is 0 Å². The molecule has 0 spiro atoms. The quantitative estimate of drug-likeness (QED) is 0.807. The Balaban J connectivity index is 2.10. The molecule has 3 N–H and O–H groups in total. The van der Waals surface area contributed by atoms with Gasteiger partial charge in [-0.05, 0) is 6.92 Å². The Morgan fingerprint density at radius 3 is 3.11 bits per heavy atom. The normalized spacial score (nSPS) is 24.7. The van der Waals surface area contributed by atoms with Crippen LogP contribution in [0.1, 0.15) is 13.8 Å². The highest BCUT2D eigenvalue weighted by Crippen LogP contribution is 2.31. The van der Waals surface area contributed by atoms with Crippen molar-refractivity contribution in [1.82, 2.24) is 19.9 Å². The number of nitrogens with two attached hydrogens (primary N) is 1. The number of aromatic amines is 1. The lowest BCUT2D eigenvalue weighted by atomic mass is 10.2. The molecule has 0 bridgehead atoms. The Kier molecular flexibility index (Phi) is 2.77. The van der Waals surface area contributed by atoms with Crippen LogP contribution >= 0.6 is 11.8 Å². The molecule has 0 radical (unpaired) electrons. The highest BCUT2D eigenvalue weighted by atomic mass is 32.2. The SMILES string of the molecule is CC1SCCN(c2nc(N)nc3nc[nH]c23)C1C. The number of imidazole rings is 1. The number of aromatic nitrogens is 4. The Bertz CT molecular complexity index is 568. The minimum absolute atomic E-state index is 0.280. The first-order chi connectivity index (χ1) is 8.66. The summed E-state index contributed by atoms with van der Waals surface area (Å²) < 4.78 is 0. The lowest BCUT2D eigenvalue weighted by molar-refractivity contribution is 0.622. The van der Waals surface area contributed by atoms with Crippen LogP contribution in [0.2, 0.25) is 0 Å². The third-order valence-electron chi connectivity index (χ3n) is 3.44. The molecule has 2 aromatic heterocycles. The van der Waals surface area contributed by atoms with Gasteiger partial charge >= 0.3 is 0 Å². The zero-order valence-electron chi connectivity index (χ0n) is 10.4. The molecule has 2 atom stereocenters.